The average molecular weight is 451 g/mol. The molecule has 2 saturated heterocycles. The van der Waals surface area contributed by atoms with E-state index in [1.54, 1.807) is 17.0 Å². The van der Waals surface area contributed by atoms with Crippen molar-refractivity contribution < 1.29 is 9.59 Å². The second-order valence-electron chi connectivity index (χ2n) is 7.81. The van der Waals surface area contributed by atoms with Gasteiger partial charge in [-0.3, -0.25) is 9.59 Å². The molecule has 1 aromatic rings. The smallest absolute Gasteiger partial charge is 0.254 e. The zero-order valence-electron chi connectivity index (χ0n) is 16.7. The van der Waals surface area contributed by atoms with Crippen molar-refractivity contribution in [1.82, 2.24) is 20.0 Å². The summed E-state index contributed by atoms with van der Waals surface area (Å²) in [5.74, 6) is -0.0669. The molecule has 1 N–H and O–H groups in total. The Balaban J connectivity index is 1.39. The maximum Gasteiger partial charge on any atom is 0.254 e. The molecule has 2 amide bonds. The van der Waals surface area contributed by atoms with Crippen LogP contribution >= 0.6 is 15.9 Å². The van der Waals surface area contributed by atoms with Gasteiger partial charge in [-0.15, -0.1) is 0 Å². The molecule has 0 saturated carbocycles. The summed E-state index contributed by atoms with van der Waals surface area (Å²) in [6, 6.07) is 6.99. The Morgan fingerprint density at radius 3 is 2.50 bits per heavy atom. The highest BCUT2D eigenvalue weighted by Gasteiger charge is 2.34. The van der Waals surface area contributed by atoms with E-state index in [1.165, 1.54) is 0 Å². The predicted molar refractivity (Wildman–Crippen MR) is 114 cm³/mol. The molecule has 0 spiro atoms. The Morgan fingerprint density at radius 2 is 1.79 bits per heavy atom. The maximum atomic E-state index is 12.8. The molecule has 1 aromatic carbocycles. The molecule has 0 aliphatic carbocycles. The number of rotatable bonds is 7. The molecule has 3 rings (SSSR count). The van der Waals surface area contributed by atoms with Crippen molar-refractivity contribution in [3.8, 4) is 0 Å². The second kappa shape index (κ2) is 10.4. The Labute approximate surface area is 176 Å². The van der Waals surface area contributed by atoms with E-state index in [-0.39, 0.29) is 17.9 Å². The van der Waals surface area contributed by atoms with Crippen LogP contribution in [0.2, 0.25) is 0 Å². The second-order valence-corrected chi connectivity index (χ2v) is 8.72. The van der Waals surface area contributed by atoms with Gasteiger partial charge in [-0.25, -0.2) is 0 Å². The average Bonchev–Trinajstić information content (AvgIpc) is 3.19. The molecule has 2 aliphatic rings. The van der Waals surface area contributed by atoms with Gasteiger partial charge in [-0.05, 0) is 63.5 Å². The quantitative estimate of drug-likeness (QED) is 0.646. The lowest BCUT2D eigenvalue weighted by Gasteiger charge is -2.32. The number of halogens is 1. The van der Waals surface area contributed by atoms with Crippen molar-refractivity contribution in [2.45, 2.75) is 31.7 Å². The van der Waals surface area contributed by atoms with E-state index < -0.39 is 0 Å². The van der Waals surface area contributed by atoms with Gasteiger partial charge in [-0.1, -0.05) is 15.9 Å². The molecule has 154 valence electrons. The normalized spacial score (nSPS) is 21.1. The first-order valence-corrected chi connectivity index (χ1v) is 11.1. The van der Waals surface area contributed by atoms with E-state index in [9.17, 15) is 9.59 Å². The highest BCUT2D eigenvalue weighted by molar-refractivity contribution is 9.10. The fraction of sp³-hybridized carbons (Fsp3) is 0.619. The van der Waals surface area contributed by atoms with Crippen LogP contribution in [-0.4, -0.2) is 85.4 Å². The van der Waals surface area contributed by atoms with Crippen LogP contribution < -0.4 is 5.32 Å². The van der Waals surface area contributed by atoms with Gasteiger partial charge in [0.05, 0.1) is 0 Å². The molecule has 0 bridgehead atoms. The Kier molecular flexibility index (Phi) is 7.88. The van der Waals surface area contributed by atoms with E-state index in [0.717, 1.165) is 62.9 Å². The van der Waals surface area contributed by atoms with Crippen molar-refractivity contribution in [2.24, 2.45) is 0 Å². The summed E-state index contributed by atoms with van der Waals surface area (Å²) in [7, 11) is 2.17. The Morgan fingerprint density at radius 1 is 1.07 bits per heavy atom. The zero-order chi connectivity index (χ0) is 19.9. The van der Waals surface area contributed by atoms with E-state index >= 15 is 0 Å². The van der Waals surface area contributed by atoms with Crippen LogP contribution in [0.5, 0.6) is 0 Å². The summed E-state index contributed by atoms with van der Waals surface area (Å²) in [4.78, 5) is 32.0. The lowest BCUT2D eigenvalue weighted by Crippen LogP contribution is -2.46. The number of hydrogen-bond acceptors (Lipinski definition) is 4. The number of benzene rings is 1. The van der Waals surface area contributed by atoms with Gasteiger partial charge < -0.3 is 20.0 Å². The number of amides is 2. The number of carbonyl (C=O) groups excluding carboxylic acids is 2. The van der Waals surface area contributed by atoms with Gasteiger partial charge in [0.25, 0.3) is 5.91 Å². The molecule has 1 unspecified atom stereocenters. The number of likely N-dealkylation sites (N-methyl/N-ethyl adjacent to an activating group) is 1. The van der Waals surface area contributed by atoms with Gasteiger partial charge in [0.15, 0.2) is 0 Å². The molecular weight excluding hydrogens is 420 g/mol. The summed E-state index contributed by atoms with van der Waals surface area (Å²) >= 11 is 3.39. The predicted octanol–water partition coefficient (Wildman–Crippen LogP) is 2.20. The van der Waals surface area contributed by atoms with Crippen molar-refractivity contribution in [2.75, 3.05) is 52.9 Å². The molecule has 6 nitrogen and oxygen atoms in total. The van der Waals surface area contributed by atoms with E-state index in [4.69, 9.17) is 0 Å². The van der Waals surface area contributed by atoms with Crippen LogP contribution in [0.15, 0.2) is 28.7 Å². The fourth-order valence-electron chi connectivity index (χ4n) is 3.90. The monoisotopic (exact) mass is 450 g/mol. The summed E-state index contributed by atoms with van der Waals surface area (Å²) in [6.45, 7) is 6.98. The van der Waals surface area contributed by atoms with Crippen molar-refractivity contribution >= 4 is 27.7 Å². The van der Waals surface area contributed by atoms with Gasteiger partial charge in [0, 0.05) is 49.3 Å². The van der Waals surface area contributed by atoms with Gasteiger partial charge in [0.1, 0.15) is 6.04 Å². The van der Waals surface area contributed by atoms with E-state index in [0.29, 0.717) is 18.7 Å². The van der Waals surface area contributed by atoms with Crippen LogP contribution in [0.25, 0.3) is 0 Å². The van der Waals surface area contributed by atoms with Gasteiger partial charge >= 0.3 is 0 Å². The lowest BCUT2D eigenvalue weighted by atomic mass is 10.1. The zero-order valence-corrected chi connectivity index (χ0v) is 18.3. The summed E-state index contributed by atoms with van der Waals surface area (Å²) < 4.78 is 0.941. The number of likely N-dealkylation sites (tertiary alicyclic amines) is 1. The largest absolute Gasteiger partial charge is 0.354 e. The van der Waals surface area contributed by atoms with Crippen LogP contribution in [-0.2, 0) is 4.79 Å². The highest BCUT2D eigenvalue weighted by atomic mass is 79.9. The van der Waals surface area contributed by atoms with Crippen molar-refractivity contribution in [3.63, 3.8) is 0 Å². The minimum absolute atomic E-state index is 0.0115. The number of nitrogens with one attached hydrogen (secondary N) is 1. The number of carbonyl (C=O) groups is 2. The third kappa shape index (κ3) is 5.78. The SMILES string of the molecule is CN1CCN(CCCCNC(=O)C2CCCN2C(=O)c2ccc(Br)cc2)CC1. The minimum Gasteiger partial charge on any atom is -0.354 e. The van der Waals surface area contributed by atoms with Crippen LogP contribution in [0, 0.1) is 0 Å². The molecule has 28 heavy (non-hydrogen) atoms. The third-order valence-electron chi connectivity index (χ3n) is 5.70. The fourth-order valence-corrected chi connectivity index (χ4v) is 4.17. The minimum atomic E-state index is -0.339. The number of nitrogens with zero attached hydrogens (tertiary/aromatic N) is 3. The van der Waals surface area contributed by atoms with Gasteiger partial charge in [0.2, 0.25) is 5.91 Å². The topological polar surface area (TPSA) is 55.9 Å². The summed E-state index contributed by atoms with van der Waals surface area (Å²) in [5, 5.41) is 3.05. The molecule has 1 atom stereocenters. The van der Waals surface area contributed by atoms with Crippen molar-refractivity contribution in [3.05, 3.63) is 34.3 Å². The van der Waals surface area contributed by atoms with Crippen LogP contribution in [0.1, 0.15) is 36.0 Å². The molecule has 2 heterocycles. The standard InChI is InChI=1S/C21H31BrN4O2/c1-24-13-15-25(16-14-24)11-3-2-10-23-20(27)19-5-4-12-26(19)21(28)17-6-8-18(22)9-7-17/h6-9,19H,2-5,10-16H2,1H3,(H,23,27). The molecular formula is C21H31BrN4O2. The first-order chi connectivity index (χ1) is 13.5. The van der Waals surface area contributed by atoms with Crippen LogP contribution in [0.4, 0.5) is 0 Å². The van der Waals surface area contributed by atoms with Gasteiger partial charge in [-0.2, -0.15) is 0 Å². The van der Waals surface area contributed by atoms with E-state index in [1.807, 2.05) is 12.1 Å². The van der Waals surface area contributed by atoms with E-state index in [2.05, 4.69) is 38.1 Å². The Hall–Kier alpha value is -1.44. The Bertz CT molecular complexity index is 659. The maximum absolute atomic E-state index is 12.8. The number of piperazine rings is 1. The highest BCUT2D eigenvalue weighted by Crippen LogP contribution is 2.21. The molecule has 2 fully saturated rings. The molecule has 0 aromatic heterocycles. The number of unbranched alkanes of at least 4 members (excludes halogenated alkanes) is 1. The number of hydrogen-bond donors (Lipinski definition) is 1. The molecule has 7 heteroatoms. The third-order valence-corrected chi connectivity index (χ3v) is 6.23. The molecule has 0 radical (unpaired) electrons. The first kappa shape index (κ1) is 21.3. The van der Waals surface area contributed by atoms with Crippen LogP contribution in [0.3, 0.4) is 0 Å². The first-order valence-electron chi connectivity index (χ1n) is 10.3. The summed E-state index contributed by atoms with van der Waals surface area (Å²) in [6.07, 6.45) is 3.70. The molecule has 2 aliphatic heterocycles. The van der Waals surface area contributed by atoms with Crippen molar-refractivity contribution in [1.29, 1.82) is 0 Å². The summed E-state index contributed by atoms with van der Waals surface area (Å²) in [5.41, 5.74) is 0.634. The lowest BCUT2D eigenvalue weighted by molar-refractivity contribution is -0.124.